The third-order valence-corrected chi connectivity index (χ3v) is 4.75. The van der Waals surface area contributed by atoms with Crippen LogP contribution in [0.15, 0.2) is 59.4 Å². The molecule has 0 aliphatic carbocycles. The van der Waals surface area contributed by atoms with Crippen molar-refractivity contribution in [2.24, 2.45) is 0 Å². The normalized spacial score (nSPS) is 15.3. The van der Waals surface area contributed by atoms with Gasteiger partial charge in [0.1, 0.15) is 11.3 Å². The summed E-state index contributed by atoms with van der Waals surface area (Å²) in [6.07, 6.45) is 1.79. The number of carbonyl (C=O) groups excluding carboxylic acids is 2. The average Bonchev–Trinajstić information content (AvgIpc) is 2.92. The van der Waals surface area contributed by atoms with Gasteiger partial charge in [0.15, 0.2) is 0 Å². The van der Waals surface area contributed by atoms with E-state index in [0.29, 0.717) is 18.0 Å². The van der Waals surface area contributed by atoms with E-state index in [2.05, 4.69) is 6.07 Å². The van der Waals surface area contributed by atoms with Crippen LogP contribution >= 0.6 is 0 Å². The summed E-state index contributed by atoms with van der Waals surface area (Å²) >= 11 is 0. The van der Waals surface area contributed by atoms with E-state index in [1.165, 1.54) is 7.11 Å². The fraction of sp³-hybridized carbons (Fsp3) is 0.250. The molecule has 1 heterocycles. The molecule has 0 aromatic heterocycles. The predicted octanol–water partition coefficient (Wildman–Crippen LogP) is 4.58. The summed E-state index contributed by atoms with van der Waals surface area (Å²) in [7, 11) is 1.28. The summed E-state index contributed by atoms with van der Waals surface area (Å²) in [6.45, 7) is 8.29. The van der Waals surface area contributed by atoms with E-state index in [0.717, 1.165) is 28.1 Å². The quantitative estimate of drug-likeness (QED) is 0.424. The Bertz CT molecular complexity index is 995. The van der Waals surface area contributed by atoms with Crippen LogP contribution in [0, 0.1) is 13.8 Å². The molecule has 3 rings (SSSR count). The molecule has 0 saturated carbocycles. The number of hydrogen-bond donors (Lipinski definition) is 0. The monoisotopic (exact) mass is 391 g/mol. The van der Waals surface area contributed by atoms with Gasteiger partial charge in [0.2, 0.25) is 5.78 Å². The first-order valence-corrected chi connectivity index (χ1v) is 9.52. The SMILES string of the molecule is CCOc1ccc(/C=C2\C(=O)C(C(=O)OC)=C(C)N2c2cc(C)cc(C)c2)cc1. The number of carbonyl (C=O) groups is 2. The van der Waals surface area contributed by atoms with E-state index in [9.17, 15) is 9.59 Å². The second-order valence-electron chi connectivity index (χ2n) is 6.99. The Balaban J connectivity index is 2.12. The van der Waals surface area contributed by atoms with E-state index in [4.69, 9.17) is 9.47 Å². The molecular formula is C24H25NO4. The lowest BCUT2D eigenvalue weighted by Gasteiger charge is -2.22. The topological polar surface area (TPSA) is 55.8 Å². The predicted molar refractivity (Wildman–Crippen MR) is 114 cm³/mol. The number of aryl methyl sites for hydroxylation is 2. The molecule has 0 radical (unpaired) electrons. The van der Waals surface area contributed by atoms with Crippen molar-refractivity contribution < 1.29 is 19.1 Å². The van der Waals surface area contributed by atoms with Crippen molar-refractivity contribution in [2.75, 3.05) is 18.6 Å². The standard InChI is InChI=1S/C24H25NO4/c1-6-29-20-9-7-18(8-10-20)14-21-23(26)22(24(27)28-5)17(4)25(21)19-12-15(2)11-16(3)13-19/h7-14H,6H2,1-5H3/b21-14+. The number of ketones is 1. The number of allylic oxidation sites excluding steroid dienone is 2. The van der Waals surface area contributed by atoms with Gasteiger partial charge in [-0.3, -0.25) is 4.79 Å². The molecule has 1 aliphatic rings. The number of esters is 1. The number of rotatable bonds is 5. The Hall–Kier alpha value is -3.34. The van der Waals surface area contributed by atoms with Crippen molar-refractivity contribution in [1.82, 2.24) is 0 Å². The zero-order valence-corrected chi connectivity index (χ0v) is 17.4. The summed E-state index contributed by atoms with van der Waals surface area (Å²) in [6, 6.07) is 13.5. The fourth-order valence-electron chi connectivity index (χ4n) is 3.56. The number of benzene rings is 2. The molecule has 0 unspecified atom stereocenters. The van der Waals surface area contributed by atoms with Gasteiger partial charge >= 0.3 is 5.97 Å². The van der Waals surface area contributed by atoms with E-state index >= 15 is 0 Å². The van der Waals surface area contributed by atoms with Gasteiger partial charge in [0.05, 0.1) is 19.4 Å². The van der Waals surface area contributed by atoms with Crippen LogP contribution in [0.2, 0.25) is 0 Å². The highest BCUT2D eigenvalue weighted by Gasteiger charge is 2.38. The second kappa shape index (κ2) is 8.35. The van der Waals surface area contributed by atoms with Crippen LogP contribution in [0.4, 0.5) is 5.69 Å². The molecule has 29 heavy (non-hydrogen) atoms. The van der Waals surface area contributed by atoms with Crippen molar-refractivity contribution in [2.45, 2.75) is 27.7 Å². The van der Waals surface area contributed by atoms with Crippen LogP contribution in [0.25, 0.3) is 6.08 Å². The van der Waals surface area contributed by atoms with Gasteiger partial charge in [-0.15, -0.1) is 0 Å². The van der Waals surface area contributed by atoms with Gasteiger partial charge in [-0.25, -0.2) is 4.79 Å². The minimum absolute atomic E-state index is 0.0591. The van der Waals surface area contributed by atoms with Crippen molar-refractivity contribution >= 4 is 23.5 Å². The van der Waals surface area contributed by atoms with Crippen LogP contribution in [-0.2, 0) is 14.3 Å². The van der Waals surface area contributed by atoms with Crippen LogP contribution in [-0.4, -0.2) is 25.5 Å². The highest BCUT2D eigenvalue weighted by Crippen LogP contribution is 2.36. The zero-order chi connectivity index (χ0) is 21.1. The van der Waals surface area contributed by atoms with Crippen LogP contribution < -0.4 is 9.64 Å². The molecule has 5 nitrogen and oxygen atoms in total. The summed E-state index contributed by atoms with van der Waals surface area (Å²) in [5.41, 5.74) is 4.86. The van der Waals surface area contributed by atoms with Gasteiger partial charge in [-0.05, 0) is 74.7 Å². The van der Waals surface area contributed by atoms with E-state index in [1.807, 2.05) is 62.1 Å². The minimum Gasteiger partial charge on any atom is -0.494 e. The molecule has 0 amide bonds. The lowest BCUT2D eigenvalue weighted by Crippen LogP contribution is -2.18. The molecule has 0 bridgehead atoms. The van der Waals surface area contributed by atoms with Crippen molar-refractivity contribution in [3.63, 3.8) is 0 Å². The molecule has 0 spiro atoms. The Morgan fingerprint density at radius 2 is 1.66 bits per heavy atom. The van der Waals surface area contributed by atoms with E-state index in [1.54, 1.807) is 13.0 Å². The highest BCUT2D eigenvalue weighted by molar-refractivity contribution is 6.30. The molecule has 0 saturated heterocycles. The summed E-state index contributed by atoms with van der Waals surface area (Å²) in [4.78, 5) is 27.3. The number of ether oxygens (including phenoxy) is 2. The van der Waals surface area contributed by atoms with Gasteiger partial charge in [0, 0.05) is 11.4 Å². The first-order chi connectivity index (χ1) is 13.8. The second-order valence-corrected chi connectivity index (χ2v) is 6.99. The summed E-state index contributed by atoms with van der Waals surface area (Å²) < 4.78 is 10.3. The van der Waals surface area contributed by atoms with Crippen LogP contribution in [0.3, 0.4) is 0 Å². The first kappa shape index (κ1) is 20.4. The molecule has 0 N–H and O–H groups in total. The number of anilines is 1. The maximum Gasteiger partial charge on any atom is 0.343 e. The minimum atomic E-state index is -0.628. The summed E-state index contributed by atoms with van der Waals surface area (Å²) in [5.74, 6) is -0.206. The molecule has 1 aliphatic heterocycles. The Kier molecular flexibility index (Phi) is 5.87. The molecule has 2 aromatic carbocycles. The number of Topliss-reactive ketones (excluding diaryl/α,β-unsaturated/α-hetero) is 1. The highest BCUT2D eigenvalue weighted by atomic mass is 16.5. The van der Waals surface area contributed by atoms with Crippen LogP contribution in [0.1, 0.15) is 30.5 Å². The Morgan fingerprint density at radius 3 is 2.21 bits per heavy atom. The molecule has 0 fully saturated rings. The van der Waals surface area contributed by atoms with Gasteiger partial charge in [-0.1, -0.05) is 18.2 Å². The molecule has 150 valence electrons. The smallest absolute Gasteiger partial charge is 0.343 e. The lowest BCUT2D eigenvalue weighted by atomic mass is 10.1. The lowest BCUT2D eigenvalue weighted by molar-refractivity contribution is -0.137. The number of nitrogens with zero attached hydrogens (tertiary/aromatic N) is 1. The van der Waals surface area contributed by atoms with Crippen molar-refractivity contribution in [3.05, 3.63) is 76.1 Å². The van der Waals surface area contributed by atoms with Gasteiger partial charge in [-0.2, -0.15) is 0 Å². The van der Waals surface area contributed by atoms with Crippen molar-refractivity contribution in [3.8, 4) is 5.75 Å². The van der Waals surface area contributed by atoms with Gasteiger partial charge in [0.25, 0.3) is 0 Å². The molecule has 2 aromatic rings. The maximum atomic E-state index is 13.2. The fourth-order valence-corrected chi connectivity index (χ4v) is 3.56. The number of methoxy groups -OCH3 is 1. The zero-order valence-electron chi connectivity index (χ0n) is 17.4. The number of hydrogen-bond acceptors (Lipinski definition) is 5. The van der Waals surface area contributed by atoms with Gasteiger partial charge < -0.3 is 14.4 Å². The Morgan fingerprint density at radius 1 is 1.03 bits per heavy atom. The van der Waals surface area contributed by atoms with E-state index < -0.39 is 5.97 Å². The summed E-state index contributed by atoms with van der Waals surface area (Å²) in [5, 5.41) is 0. The van der Waals surface area contributed by atoms with Crippen molar-refractivity contribution in [1.29, 1.82) is 0 Å². The Labute approximate surface area is 171 Å². The molecule has 5 heteroatoms. The largest absolute Gasteiger partial charge is 0.494 e. The molecular weight excluding hydrogens is 366 g/mol. The van der Waals surface area contributed by atoms with Crippen LogP contribution in [0.5, 0.6) is 5.75 Å². The first-order valence-electron chi connectivity index (χ1n) is 9.52. The third kappa shape index (κ3) is 4.09. The molecule has 0 atom stereocenters. The van der Waals surface area contributed by atoms with E-state index in [-0.39, 0.29) is 11.4 Å². The maximum absolute atomic E-state index is 13.2. The third-order valence-electron chi connectivity index (χ3n) is 4.75. The average molecular weight is 391 g/mol.